The summed E-state index contributed by atoms with van der Waals surface area (Å²) in [7, 11) is 0. The summed E-state index contributed by atoms with van der Waals surface area (Å²) in [6.07, 6.45) is 14.1. The third-order valence-electron chi connectivity index (χ3n) is 3.83. The molecule has 0 amide bonds. The molecule has 1 radical (unpaired) electrons. The van der Waals surface area contributed by atoms with E-state index in [-0.39, 0.29) is 0 Å². The van der Waals surface area contributed by atoms with Crippen LogP contribution in [0.3, 0.4) is 0 Å². The Labute approximate surface area is 96.8 Å². The van der Waals surface area contributed by atoms with Crippen LogP contribution >= 0.6 is 0 Å². The molecule has 1 rings (SSSR count). The Morgan fingerprint density at radius 3 is 1.67 bits per heavy atom. The first-order chi connectivity index (χ1) is 7.30. The molecule has 0 heterocycles. The Kier molecular flexibility index (Phi) is 6.36. The molecule has 2 unspecified atom stereocenters. The third kappa shape index (κ3) is 4.57. The molecule has 0 aromatic carbocycles. The minimum Gasteiger partial charge on any atom is -0.0654 e. The van der Waals surface area contributed by atoms with Crippen molar-refractivity contribution in [3.05, 3.63) is 6.42 Å². The van der Waals surface area contributed by atoms with E-state index in [1.807, 2.05) is 0 Å². The van der Waals surface area contributed by atoms with Crippen LogP contribution in [-0.4, -0.2) is 0 Å². The Morgan fingerprint density at radius 1 is 0.800 bits per heavy atom. The van der Waals surface area contributed by atoms with Crippen molar-refractivity contribution in [1.29, 1.82) is 0 Å². The average molecular weight is 209 g/mol. The average Bonchev–Trinajstić information content (AvgIpc) is 2.19. The summed E-state index contributed by atoms with van der Waals surface area (Å²) < 4.78 is 0. The molecule has 0 spiro atoms. The highest BCUT2D eigenvalue weighted by Gasteiger charge is 2.27. The van der Waals surface area contributed by atoms with Crippen LogP contribution in [0.4, 0.5) is 0 Å². The molecular weight excluding hydrogens is 180 g/mol. The van der Waals surface area contributed by atoms with E-state index in [1.54, 1.807) is 0 Å². The highest BCUT2D eigenvalue weighted by molar-refractivity contribution is 4.91. The molecule has 89 valence electrons. The van der Waals surface area contributed by atoms with Crippen LogP contribution in [0, 0.1) is 24.2 Å². The molecule has 1 fully saturated rings. The lowest BCUT2D eigenvalue weighted by Crippen LogP contribution is -2.23. The molecule has 2 atom stereocenters. The molecule has 0 saturated heterocycles. The van der Waals surface area contributed by atoms with E-state index >= 15 is 0 Å². The first-order valence-electron chi connectivity index (χ1n) is 7.15. The van der Waals surface area contributed by atoms with Gasteiger partial charge in [0, 0.05) is 0 Å². The van der Waals surface area contributed by atoms with Gasteiger partial charge in [0.05, 0.1) is 0 Å². The molecule has 0 aromatic rings. The van der Waals surface area contributed by atoms with Crippen LogP contribution in [0.2, 0.25) is 0 Å². The minimum atomic E-state index is 0.942. The molecule has 15 heavy (non-hydrogen) atoms. The van der Waals surface area contributed by atoms with Gasteiger partial charge in [-0.1, -0.05) is 59.3 Å². The van der Waals surface area contributed by atoms with E-state index in [9.17, 15) is 0 Å². The zero-order chi connectivity index (χ0) is 11.1. The summed E-state index contributed by atoms with van der Waals surface area (Å²) >= 11 is 0. The van der Waals surface area contributed by atoms with Crippen LogP contribution in [0.1, 0.15) is 72.1 Å². The second-order valence-corrected chi connectivity index (χ2v) is 5.42. The van der Waals surface area contributed by atoms with Crippen molar-refractivity contribution in [3.8, 4) is 0 Å². The quantitative estimate of drug-likeness (QED) is 0.561. The third-order valence-corrected chi connectivity index (χ3v) is 3.83. The summed E-state index contributed by atoms with van der Waals surface area (Å²) in [5.41, 5.74) is 0. The van der Waals surface area contributed by atoms with Gasteiger partial charge in [-0.25, -0.2) is 0 Å². The Hall–Kier alpha value is 0. The van der Waals surface area contributed by atoms with Crippen molar-refractivity contribution >= 4 is 0 Å². The largest absolute Gasteiger partial charge is 0.0654 e. The van der Waals surface area contributed by atoms with Crippen molar-refractivity contribution in [2.24, 2.45) is 17.8 Å². The van der Waals surface area contributed by atoms with E-state index in [0.29, 0.717) is 0 Å². The van der Waals surface area contributed by atoms with Gasteiger partial charge in [0.1, 0.15) is 0 Å². The predicted octanol–water partition coefficient (Wildman–Crippen LogP) is 5.23. The monoisotopic (exact) mass is 209 g/mol. The summed E-state index contributed by atoms with van der Waals surface area (Å²) in [5.74, 6) is 2.92. The molecule has 1 aliphatic rings. The van der Waals surface area contributed by atoms with Crippen molar-refractivity contribution in [3.63, 3.8) is 0 Å². The normalized spacial score (nSPS) is 31.8. The lowest BCUT2D eigenvalue weighted by Gasteiger charge is -2.34. The lowest BCUT2D eigenvalue weighted by molar-refractivity contribution is 0.231. The fraction of sp³-hybridized carbons (Fsp3) is 0.933. The molecule has 0 aromatic heterocycles. The molecule has 0 heteroatoms. The van der Waals surface area contributed by atoms with Crippen LogP contribution < -0.4 is 0 Å². The summed E-state index contributed by atoms with van der Waals surface area (Å²) in [5, 5.41) is 0. The zero-order valence-corrected chi connectivity index (χ0v) is 11.0. The van der Waals surface area contributed by atoms with Gasteiger partial charge in [-0.2, -0.15) is 0 Å². The zero-order valence-electron chi connectivity index (χ0n) is 11.0. The first-order valence-corrected chi connectivity index (χ1v) is 7.15. The lowest BCUT2D eigenvalue weighted by atomic mass is 9.71. The minimum absolute atomic E-state index is 0.942. The van der Waals surface area contributed by atoms with Gasteiger partial charge < -0.3 is 0 Å². The molecule has 0 nitrogen and oxygen atoms in total. The predicted molar refractivity (Wildman–Crippen MR) is 68.7 cm³/mol. The van der Waals surface area contributed by atoms with Gasteiger partial charge in [-0.15, -0.1) is 0 Å². The Balaban J connectivity index is 2.40. The molecule has 1 saturated carbocycles. The fourth-order valence-electron chi connectivity index (χ4n) is 3.31. The standard InChI is InChI=1S/C15H29/c1-4-7-13-10-14(8-5-2)12-15(11-13)9-6-3/h10,13-15H,4-9,11-12H2,1-3H3. The summed E-state index contributed by atoms with van der Waals surface area (Å²) in [6, 6.07) is 0. The number of rotatable bonds is 6. The van der Waals surface area contributed by atoms with E-state index in [1.165, 1.54) is 51.4 Å². The van der Waals surface area contributed by atoms with Crippen LogP contribution in [0.15, 0.2) is 0 Å². The van der Waals surface area contributed by atoms with Gasteiger partial charge in [0.2, 0.25) is 0 Å². The van der Waals surface area contributed by atoms with E-state index in [2.05, 4.69) is 27.2 Å². The van der Waals surface area contributed by atoms with Crippen molar-refractivity contribution in [1.82, 2.24) is 0 Å². The van der Waals surface area contributed by atoms with Crippen molar-refractivity contribution < 1.29 is 0 Å². The van der Waals surface area contributed by atoms with Gasteiger partial charge in [0.15, 0.2) is 0 Å². The highest BCUT2D eigenvalue weighted by atomic mass is 14.3. The first kappa shape index (κ1) is 13.1. The summed E-state index contributed by atoms with van der Waals surface area (Å²) in [6.45, 7) is 6.99. The van der Waals surface area contributed by atoms with Gasteiger partial charge in [-0.05, 0) is 37.0 Å². The van der Waals surface area contributed by atoms with Crippen LogP contribution in [0.25, 0.3) is 0 Å². The van der Waals surface area contributed by atoms with Gasteiger partial charge in [-0.3, -0.25) is 0 Å². The molecular formula is C15H29. The molecule has 0 aliphatic heterocycles. The Bertz CT molecular complexity index is 116. The van der Waals surface area contributed by atoms with Gasteiger partial charge in [0.25, 0.3) is 0 Å². The smallest absolute Gasteiger partial charge is 0.0324 e. The van der Waals surface area contributed by atoms with Crippen LogP contribution in [-0.2, 0) is 0 Å². The van der Waals surface area contributed by atoms with Crippen LogP contribution in [0.5, 0.6) is 0 Å². The van der Waals surface area contributed by atoms with Gasteiger partial charge >= 0.3 is 0 Å². The second kappa shape index (κ2) is 7.30. The maximum Gasteiger partial charge on any atom is -0.0324 e. The molecule has 0 N–H and O–H groups in total. The number of hydrogen-bond donors (Lipinski definition) is 0. The molecule has 1 aliphatic carbocycles. The van der Waals surface area contributed by atoms with Crippen molar-refractivity contribution in [2.45, 2.75) is 72.1 Å². The highest BCUT2D eigenvalue weighted by Crippen LogP contribution is 2.38. The van der Waals surface area contributed by atoms with Crippen molar-refractivity contribution in [2.75, 3.05) is 0 Å². The maximum absolute atomic E-state index is 2.69. The van der Waals surface area contributed by atoms with E-state index in [4.69, 9.17) is 0 Å². The SMILES string of the molecule is CCCC1[CH]C(CCC)CC(CCC)C1. The topological polar surface area (TPSA) is 0 Å². The molecule has 0 bridgehead atoms. The number of hydrogen-bond acceptors (Lipinski definition) is 0. The van der Waals surface area contributed by atoms with E-state index in [0.717, 1.165) is 17.8 Å². The Morgan fingerprint density at radius 2 is 1.27 bits per heavy atom. The van der Waals surface area contributed by atoms with E-state index < -0.39 is 0 Å². The summed E-state index contributed by atoms with van der Waals surface area (Å²) in [4.78, 5) is 0. The second-order valence-electron chi connectivity index (χ2n) is 5.42. The maximum atomic E-state index is 2.69. The fourth-order valence-corrected chi connectivity index (χ4v) is 3.31.